The average molecular weight is 598 g/mol. The number of urea groups is 1. The largest absolute Gasteiger partial charge is 0.494 e. The second-order valence-electron chi connectivity index (χ2n) is 11.5. The van der Waals surface area contributed by atoms with Gasteiger partial charge in [0, 0.05) is 36.0 Å². The molecule has 3 heterocycles. The molecule has 2 saturated heterocycles. The van der Waals surface area contributed by atoms with Crippen molar-refractivity contribution >= 4 is 34.9 Å². The van der Waals surface area contributed by atoms with Gasteiger partial charge in [-0.1, -0.05) is 36.4 Å². The van der Waals surface area contributed by atoms with E-state index in [-0.39, 0.29) is 23.7 Å². The van der Waals surface area contributed by atoms with Crippen molar-refractivity contribution < 1.29 is 23.5 Å². The molecule has 4 amide bonds. The molecule has 3 aromatic rings. The Morgan fingerprint density at radius 1 is 0.932 bits per heavy atom. The highest BCUT2D eigenvalue weighted by Gasteiger charge is 2.37. The van der Waals surface area contributed by atoms with Gasteiger partial charge in [0.15, 0.2) is 0 Å². The number of halogens is 1. The Balaban J connectivity index is 1.33. The van der Waals surface area contributed by atoms with Crippen molar-refractivity contribution in [2.24, 2.45) is 16.8 Å². The van der Waals surface area contributed by atoms with E-state index in [4.69, 9.17) is 4.74 Å². The van der Waals surface area contributed by atoms with Gasteiger partial charge in [0.25, 0.3) is 5.91 Å². The Morgan fingerprint density at radius 2 is 1.61 bits per heavy atom. The molecule has 2 N–H and O–H groups in total. The van der Waals surface area contributed by atoms with Gasteiger partial charge in [0.05, 0.1) is 18.0 Å². The van der Waals surface area contributed by atoms with Gasteiger partial charge in [-0.25, -0.2) is 14.2 Å². The second-order valence-corrected chi connectivity index (χ2v) is 11.5. The minimum absolute atomic E-state index is 0.155. The zero-order valence-corrected chi connectivity index (χ0v) is 24.7. The van der Waals surface area contributed by atoms with Crippen LogP contribution in [0.5, 0.6) is 5.75 Å². The van der Waals surface area contributed by atoms with Crippen molar-refractivity contribution in [2.75, 3.05) is 36.5 Å². The number of nitrogens with one attached hydrogen (secondary N) is 2. The lowest BCUT2D eigenvalue weighted by Gasteiger charge is -2.29. The summed E-state index contributed by atoms with van der Waals surface area (Å²) in [4.78, 5) is 49.1. The molecule has 3 aromatic carbocycles. The molecule has 7 rings (SSSR count). The molecule has 1 unspecified atom stereocenters. The Morgan fingerprint density at radius 3 is 2.32 bits per heavy atom. The first kappa shape index (κ1) is 29.3. The predicted molar refractivity (Wildman–Crippen MR) is 166 cm³/mol. The summed E-state index contributed by atoms with van der Waals surface area (Å²) in [6.07, 6.45) is 3.05. The lowest BCUT2D eigenvalue weighted by Crippen LogP contribution is -2.51. The quantitative estimate of drug-likeness (QED) is 0.391. The predicted octanol–water partition coefficient (Wildman–Crippen LogP) is 5.20. The van der Waals surface area contributed by atoms with Crippen LogP contribution in [0.1, 0.15) is 43.7 Å². The highest BCUT2D eigenvalue weighted by Crippen LogP contribution is 2.34. The number of hydrogen-bond acceptors (Lipinski definition) is 5. The number of carbonyl (C=O) groups excluding carboxylic acids is 3. The maximum atomic E-state index is 15.2. The van der Waals surface area contributed by atoms with E-state index in [0.717, 1.165) is 25.7 Å². The van der Waals surface area contributed by atoms with Gasteiger partial charge in [-0.3, -0.25) is 14.5 Å². The topological polar surface area (TPSA) is 103 Å². The van der Waals surface area contributed by atoms with Crippen LogP contribution in [0.4, 0.5) is 20.6 Å². The molecular weight excluding hydrogens is 561 g/mol. The van der Waals surface area contributed by atoms with Crippen molar-refractivity contribution in [1.29, 1.82) is 0 Å². The number of amides is 4. The first-order valence-corrected chi connectivity index (χ1v) is 15.2. The molecule has 4 aliphatic rings. The van der Waals surface area contributed by atoms with Gasteiger partial charge in [0.2, 0.25) is 12.1 Å². The zero-order valence-electron chi connectivity index (χ0n) is 24.7. The third-order valence-electron chi connectivity index (χ3n) is 8.58. The molecule has 1 aliphatic carbocycles. The summed E-state index contributed by atoms with van der Waals surface area (Å²) in [5.41, 5.74) is 1.77. The van der Waals surface area contributed by atoms with E-state index in [1.54, 1.807) is 66.7 Å². The van der Waals surface area contributed by atoms with E-state index in [2.05, 4.69) is 15.6 Å². The van der Waals surface area contributed by atoms with Crippen LogP contribution in [0.2, 0.25) is 0 Å². The molecule has 2 bridgehead atoms. The van der Waals surface area contributed by atoms with Crippen LogP contribution in [-0.2, 0) is 9.59 Å². The third kappa shape index (κ3) is 6.29. The number of para-hydroxylation sites is 1. The third-order valence-corrected chi connectivity index (χ3v) is 8.58. The number of fused-ring (bicyclic) bond motifs is 5. The van der Waals surface area contributed by atoms with Crippen LogP contribution in [-0.4, -0.2) is 60.9 Å². The van der Waals surface area contributed by atoms with Crippen molar-refractivity contribution in [3.8, 4) is 5.75 Å². The number of benzene rings is 3. The van der Waals surface area contributed by atoms with Crippen molar-refractivity contribution in [3.05, 3.63) is 89.7 Å². The fraction of sp³-hybridized carbons (Fsp3) is 0.353. The molecule has 10 heteroatoms. The molecule has 1 saturated carbocycles. The minimum atomic E-state index is -1.43. The lowest BCUT2D eigenvalue weighted by molar-refractivity contribution is -0.132. The van der Waals surface area contributed by atoms with Crippen LogP contribution in [0.3, 0.4) is 0 Å². The number of rotatable bonds is 7. The van der Waals surface area contributed by atoms with Gasteiger partial charge >= 0.3 is 6.03 Å². The summed E-state index contributed by atoms with van der Waals surface area (Å²) in [6, 6.07) is 19.4. The van der Waals surface area contributed by atoms with Gasteiger partial charge in [0.1, 0.15) is 18.1 Å². The minimum Gasteiger partial charge on any atom is -0.494 e. The van der Waals surface area contributed by atoms with E-state index < -0.39 is 23.9 Å². The number of anilines is 2. The van der Waals surface area contributed by atoms with Crippen LogP contribution in [0, 0.1) is 17.7 Å². The van der Waals surface area contributed by atoms with Gasteiger partial charge in [-0.2, -0.15) is 0 Å². The lowest BCUT2D eigenvalue weighted by atomic mass is 9.84. The maximum absolute atomic E-state index is 15.2. The molecule has 3 fully saturated rings. The number of carbonyl (C=O) groups is 3. The fourth-order valence-corrected chi connectivity index (χ4v) is 6.41. The van der Waals surface area contributed by atoms with Crippen molar-refractivity contribution in [1.82, 2.24) is 10.2 Å². The van der Waals surface area contributed by atoms with Crippen LogP contribution < -0.4 is 20.3 Å². The van der Waals surface area contributed by atoms with Crippen molar-refractivity contribution in [3.63, 3.8) is 0 Å². The molecule has 9 nitrogen and oxygen atoms in total. The number of aliphatic imine (C=N–C) groups is 1. The van der Waals surface area contributed by atoms with Crippen LogP contribution in [0.15, 0.2) is 77.8 Å². The standard InChI is InChI=1S/C34H36FN5O4/c1-2-44-25-9-7-8-24(18-25)36-34(43)38-32-33(42)40(21-30(41)39-19-22-14-15-23(20-39)17-16-22)29-13-6-4-11-27(29)31(37-32)26-10-3-5-12-28(26)35/h3-13,18,22-23,32H,2,14-17,19-21H2,1H3,(H2,36,38,43). The highest BCUT2D eigenvalue weighted by molar-refractivity contribution is 6.21. The van der Waals surface area contributed by atoms with Gasteiger partial charge < -0.3 is 20.3 Å². The van der Waals surface area contributed by atoms with E-state index in [1.165, 1.54) is 11.0 Å². The number of ether oxygens (including phenoxy) is 1. The smallest absolute Gasteiger partial charge is 0.321 e. The summed E-state index contributed by atoms with van der Waals surface area (Å²) in [5, 5.41) is 5.39. The summed E-state index contributed by atoms with van der Waals surface area (Å²) in [5.74, 6) is 0.262. The molecule has 3 aliphatic heterocycles. The monoisotopic (exact) mass is 597 g/mol. The molecule has 0 spiro atoms. The summed E-state index contributed by atoms with van der Waals surface area (Å²) >= 11 is 0. The SMILES string of the molecule is CCOc1cccc(NC(=O)NC2N=C(c3ccccc3F)c3ccccc3N(CC(=O)N3CC4CCC(CC4)C3)C2=O)c1. The summed E-state index contributed by atoms with van der Waals surface area (Å²) in [7, 11) is 0. The van der Waals surface area contributed by atoms with Gasteiger partial charge in [-0.15, -0.1) is 0 Å². The molecule has 0 radical (unpaired) electrons. The second kappa shape index (κ2) is 12.9. The van der Waals surface area contributed by atoms with Gasteiger partial charge in [-0.05, 0) is 74.8 Å². The Hall–Kier alpha value is -4.73. The summed E-state index contributed by atoms with van der Waals surface area (Å²) < 4.78 is 20.7. The van der Waals surface area contributed by atoms with E-state index in [9.17, 15) is 14.4 Å². The molecule has 228 valence electrons. The average Bonchev–Trinajstić information content (AvgIpc) is 3.41. The van der Waals surface area contributed by atoms with E-state index >= 15 is 4.39 Å². The summed E-state index contributed by atoms with van der Waals surface area (Å²) in [6.45, 7) is 3.47. The highest BCUT2D eigenvalue weighted by atomic mass is 19.1. The molecule has 44 heavy (non-hydrogen) atoms. The van der Waals surface area contributed by atoms with E-state index in [1.807, 2.05) is 11.8 Å². The zero-order chi connectivity index (χ0) is 30.6. The molecular formula is C34H36FN5O4. The first-order chi connectivity index (χ1) is 21.4. The fourth-order valence-electron chi connectivity index (χ4n) is 6.41. The maximum Gasteiger partial charge on any atom is 0.321 e. The van der Waals surface area contributed by atoms with Crippen LogP contribution in [0.25, 0.3) is 0 Å². The Bertz CT molecular complexity index is 1570. The number of nitrogens with zero attached hydrogens (tertiary/aromatic N) is 3. The number of benzodiazepines with no additional fused rings is 1. The number of hydrogen-bond donors (Lipinski definition) is 2. The normalized spacial score (nSPS) is 21.1. The Kier molecular flexibility index (Phi) is 8.58. The van der Waals surface area contributed by atoms with Crippen molar-refractivity contribution in [2.45, 2.75) is 38.8 Å². The molecule has 0 aromatic heterocycles. The van der Waals surface area contributed by atoms with E-state index in [0.29, 0.717) is 54.2 Å². The van der Waals surface area contributed by atoms with Crippen LogP contribution >= 0.6 is 0 Å². The Labute approximate surface area is 256 Å². The first-order valence-electron chi connectivity index (χ1n) is 15.2. The molecule has 1 atom stereocenters.